The average molecular weight is 329 g/mol. The van der Waals surface area contributed by atoms with Crippen LogP contribution in [0.3, 0.4) is 0 Å². The average Bonchev–Trinajstić information content (AvgIpc) is 2.72. The second-order valence-electron chi connectivity index (χ2n) is 3.50. The summed E-state index contributed by atoms with van der Waals surface area (Å²) in [6.07, 6.45) is 2.08. The van der Waals surface area contributed by atoms with Crippen LogP contribution in [-0.4, -0.2) is 18.3 Å². The SMILES string of the molecule is CNCc1nc(-c2ccc(SC)cc2)sc1Br. The number of nitrogens with one attached hydrogen (secondary N) is 1. The van der Waals surface area contributed by atoms with Gasteiger partial charge in [0.05, 0.1) is 9.48 Å². The van der Waals surface area contributed by atoms with Crippen LogP contribution in [-0.2, 0) is 6.54 Å². The standard InChI is InChI=1S/C12H13BrN2S2/c1-14-7-10-11(13)17-12(15-10)8-3-5-9(16-2)6-4-8/h3-6,14H,7H2,1-2H3. The predicted molar refractivity (Wildman–Crippen MR) is 79.8 cm³/mol. The maximum atomic E-state index is 4.63. The minimum absolute atomic E-state index is 0.792. The lowest BCUT2D eigenvalue weighted by molar-refractivity contribution is 0.795. The number of benzene rings is 1. The van der Waals surface area contributed by atoms with Gasteiger partial charge in [-0.3, -0.25) is 0 Å². The Morgan fingerprint density at radius 1 is 1.35 bits per heavy atom. The summed E-state index contributed by atoms with van der Waals surface area (Å²) in [6.45, 7) is 0.792. The molecule has 2 nitrogen and oxygen atoms in total. The molecule has 0 atom stereocenters. The highest BCUT2D eigenvalue weighted by Crippen LogP contribution is 2.32. The molecule has 0 aliphatic carbocycles. The van der Waals surface area contributed by atoms with E-state index in [1.807, 2.05) is 7.05 Å². The Bertz CT molecular complexity index is 494. The second kappa shape index (κ2) is 6.00. The zero-order valence-corrected chi connectivity index (χ0v) is 12.9. The van der Waals surface area contributed by atoms with Crippen molar-refractivity contribution >= 4 is 39.0 Å². The second-order valence-corrected chi connectivity index (χ2v) is 6.69. The molecule has 0 aliphatic heterocycles. The number of halogens is 1. The van der Waals surface area contributed by atoms with E-state index in [0.717, 1.165) is 21.0 Å². The summed E-state index contributed by atoms with van der Waals surface area (Å²) in [5.41, 5.74) is 2.25. The van der Waals surface area contributed by atoms with Gasteiger partial charge in [0, 0.05) is 17.0 Å². The monoisotopic (exact) mass is 328 g/mol. The van der Waals surface area contributed by atoms with Gasteiger partial charge in [0.1, 0.15) is 5.01 Å². The number of aromatic nitrogens is 1. The Balaban J connectivity index is 2.29. The Morgan fingerprint density at radius 3 is 2.65 bits per heavy atom. The lowest BCUT2D eigenvalue weighted by Gasteiger charge is -1.98. The van der Waals surface area contributed by atoms with Crippen molar-refractivity contribution in [3.63, 3.8) is 0 Å². The lowest BCUT2D eigenvalue weighted by Crippen LogP contribution is -2.05. The minimum Gasteiger partial charge on any atom is -0.314 e. The van der Waals surface area contributed by atoms with E-state index in [2.05, 4.69) is 56.8 Å². The Hall–Kier alpha value is -0.360. The van der Waals surface area contributed by atoms with Gasteiger partial charge in [-0.15, -0.1) is 23.1 Å². The Morgan fingerprint density at radius 2 is 2.06 bits per heavy atom. The van der Waals surface area contributed by atoms with Crippen molar-refractivity contribution in [2.45, 2.75) is 11.4 Å². The summed E-state index contributed by atoms with van der Waals surface area (Å²) in [6, 6.07) is 8.51. The van der Waals surface area contributed by atoms with Gasteiger partial charge < -0.3 is 5.32 Å². The fourth-order valence-corrected chi connectivity index (χ4v) is 3.38. The fourth-order valence-electron chi connectivity index (χ4n) is 1.47. The first kappa shape index (κ1) is 13.1. The van der Waals surface area contributed by atoms with Crippen molar-refractivity contribution in [1.29, 1.82) is 0 Å². The van der Waals surface area contributed by atoms with Crippen LogP contribution in [0.5, 0.6) is 0 Å². The molecule has 0 radical (unpaired) electrons. The zero-order chi connectivity index (χ0) is 12.3. The molecule has 0 saturated carbocycles. The third kappa shape index (κ3) is 3.10. The molecule has 5 heteroatoms. The van der Waals surface area contributed by atoms with E-state index in [-0.39, 0.29) is 0 Å². The fraction of sp³-hybridized carbons (Fsp3) is 0.250. The first-order valence-electron chi connectivity index (χ1n) is 5.19. The van der Waals surface area contributed by atoms with Gasteiger partial charge in [-0.25, -0.2) is 4.98 Å². The maximum Gasteiger partial charge on any atom is 0.124 e. The smallest absolute Gasteiger partial charge is 0.124 e. The van der Waals surface area contributed by atoms with Crippen molar-refractivity contribution < 1.29 is 0 Å². The highest BCUT2D eigenvalue weighted by Gasteiger charge is 2.09. The van der Waals surface area contributed by atoms with E-state index in [9.17, 15) is 0 Å². The minimum atomic E-state index is 0.792. The van der Waals surface area contributed by atoms with E-state index in [1.165, 1.54) is 10.5 Å². The van der Waals surface area contributed by atoms with Crippen molar-refractivity contribution in [3.05, 3.63) is 33.7 Å². The summed E-state index contributed by atoms with van der Waals surface area (Å²) in [5, 5.41) is 4.18. The van der Waals surface area contributed by atoms with Crippen molar-refractivity contribution in [1.82, 2.24) is 10.3 Å². The van der Waals surface area contributed by atoms with Crippen LogP contribution in [0.4, 0.5) is 0 Å². The van der Waals surface area contributed by atoms with Crippen LogP contribution < -0.4 is 5.32 Å². The van der Waals surface area contributed by atoms with Crippen molar-refractivity contribution in [2.75, 3.05) is 13.3 Å². The molecule has 0 bridgehead atoms. The van der Waals surface area contributed by atoms with E-state index < -0.39 is 0 Å². The van der Waals surface area contributed by atoms with Crippen molar-refractivity contribution in [3.8, 4) is 10.6 Å². The van der Waals surface area contributed by atoms with Gasteiger partial charge in [0.25, 0.3) is 0 Å². The Labute approximate surface area is 118 Å². The topological polar surface area (TPSA) is 24.9 Å². The van der Waals surface area contributed by atoms with E-state index in [1.54, 1.807) is 23.1 Å². The van der Waals surface area contributed by atoms with Gasteiger partial charge in [0.2, 0.25) is 0 Å². The van der Waals surface area contributed by atoms with E-state index in [0.29, 0.717) is 0 Å². The van der Waals surface area contributed by atoms with Crippen LogP contribution in [0.2, 0.25) is 0 Å². The molecule has 0 saturated heterocycles. The van der Waals surface area contributed by atoms with E-state index in [4.69, 9.17) is 0 Å². The first-order valence-corrected chi connectivity index (χ1v) is 8.02. The number of nitrogens with zero attached hydrogens (tertiary/aromatic N) is 1. The molecule has 0 spiro atoms. The molecule has 0 aliphatic rings. The summed E-state index contributed by atoms with van der Waals surface area (Å²) in [4.78, 5) is 5.91. The molecule has 2 aromatic rings. The molecule has 1 heterocycles. The quantitative estimate of drug-likeness (QED) is 0.858. The van der Waals surface area contributed by atoms with Gasteiger partial charge in [-0.05, 0) is 41.4 Å². The zero-order valence-electron chi connectivity index (χ0n) is 9.66. The molecule has 1 aromatic heterocycles. The predicted octanol–water partition coefficient (Wildman–Crippen LogP) is 4.01. The van der Waals surface area contributed by atoms with Crippen molar-refractivity contribution in [2.24, 2.45) is 0 Å². The molecular weight excluding hydrogens is 316 g/mol. The van der Waals surface area contributed by atoms with Crippen LogP contribution >= 0.6 is 39.0 Å². The largest absolute Gasteiger partial charge is 0.314 e. The number of thiazole rings is 1. The summed E-state index contributed by atoms with van der Waals surface area (Å²) < 4.78 is 1.11. The normalized spacial score (nSPS) is 10.8. The summed E-state index contributed by atoms with van der Waals surface area (Å²) >= 11 is 6.99. The first-order chi connectivity index (χ1) is 8.24. The number of thioether (sulfide) groups is 1. The number of rotatable bonds is 4. The van der Waals surface area contributed by atoms with Crippen LogP contribution in [0.25, 0.3) is 10.6 Å². The van der Waals surface area contributed by atoms with Gasteiger partial charge in [-0.1, -0.05) is 12.1 Å². The molecule has 0 unspecified atom stereocenters. The maximum absolute atomic E-state index is 4.63. The third-order valence-electron chi connectivity index (χ3n) is 2.33. The van der Waals surface area contributed by atoms with Gasteiger partial charge in [-0.2, -0.15) is 0 Å². The number of hydrogen-bond donors (Lipinski definition) is 1. The van der Waals surface area contributed by atoms with Crippen LogP contribution in [0.15, 0.2) is 32.9 Å². The highest BCUT2D eigenvalue weighted by atomic mass is 79.9. The van der Waals surface area contributed by atoms with Crippen LogP contribution in [0.1, 0.15) is 5.69 Å². The molecular formula is C12H13BrN2S2. The van der Waals surface area contributed by atoms with Gasteiger partial charge in [0.15, 0.2) is 0 Å². The van der Waals surface area contributed by atoms with Gasteiger partial charge >= 0.3 is 0 Å². The molecule has 17 heavy (non-hydrogen) atoms. The third-order valence-corrected chi connectivity index (χ3v) is 4.95. The lowest BCUT2D eigenvalue weighted by atomic mass is 10.2. The molecule has 2 rings (SSSR count). The van der Waals surface area contributed by atoms with E-state index >= 15 is 0 Å². The molecule has 1 N–H and O–H groups in total. The molecule has 90 valence electrons. The molecule has 0 fully saturated rings. The number of hydrogen-bond acceptors (Lipinski definition) is 4. The molecule has 1 aromatic carbocycles. The Kier molecular flexibility index (Phi) is 4.62. The summed E-state index contributed by atoms with van der Waals surface area (Å²) in [7, 11) is 1.93. The summed E-state index contributed by atoms with van der Waals surface area (Å²) in [5.74, 6) is 0. The highest BCUT2D eigenvalue weighted by molar-refractivity contribution is 9.11. The van der Waals surface area contributed by atoms with Crippen LogP contribution in [0, 0.1) is 0 Å². The molecule has 0 amide bonds.